The van der Waals surface area contributed by atoms with E-state index in [0.717, 1.165) is 35.6 Å². The lowest BCUT2D eigenvalue weighted by Gasteiger charge is -2.11. The van der Waals surface area contributed by atoms with Crippen LogP contribution in [0.4, 0.5) is 0 Å². The number of rotatable bonds is 7. The predicted octanol–water partition coefficient (Wildman–Crippen LogP) is 4.06. The van der Waals surface area contributed by atoms with Crippen LogP contribution in [0.1, 0.15) is 24.5 Å². The van der Waals surface area contributed by atoms with Crippen molar-refractivity contribution in [1.82, 2.24) is 0 Å². The van der Waals surface area contributed by atoms with Gasteiger partial charge in [-0.3, -0.25) is 0 Å². The normalized spacial score (nSPS) is 11.3. The molecule has 0 spiro atoms. The molecule has 0 aromatic heterocycles. The number of methoxy groups -OCH3 is 1. The second-order valence-corrected chi connectivity index (χ2v) is 5.09. The largest absolute Gasteiger partial charge is 0.493 e. The van der Waals surface area contributed by atoms with Crippen LogP contribution in [0.3, 0.4) is 0 Å². The molecule has 1 N–H and O–H groups in total. The summed E-state index contributed by atoms with van der Waals surface area (Å²) in [4.78, 5) is 0. The van der Waals surface area contributed by atoms with Gasteiger partial charge in [-0.25, -0.2) is 0 Å². The molecule has 0 heterocycles. The van der Waals surface area contributed by atoms with Gasteiger partial charge in [-0.2, -0.15) is 0 Å². The highest BCUT2D eigenvalue weighted by atomic mass is 16.5. The van der Waals surface area contributed by atoms with Crippen molar-refractivity contribution in [2.45, 2.75) is 26.4 Å². The van der Waals surface area contributed by atoms with Gasteiger partial charge < -0.3 is 14.7 Å². The Morgan fingerprint density at radius 1 is 1.05 bits per heavy atom. The summed E-state index contributed by atoms with van der Waals surface area (Å²) in [6.45, 7) is 2.30. The highest BCUT2D eigenvalue weighted by Gasteiger charge is 2.04. The van der Waals surface area contributed by atoms with Gasteiger partial charge in [0, 0.05) is 0 Å². The summed E-state index contributed by atoms with van der Waals surface area (Å²) in [5.74, 6) is 1.46. The second kappa shape index (κ2) is 8.08. The van der Waals surface area contributed by atoms with Gasteiger partial charge in [-0.05, 0) is 43.0 Å². The van der Waals surface area contributed by atoms with Crippen LogP contribution >= 0.6 is 0 Å². The lowest BCUT2D eigenvalue weighted by Crippen LogP contribution is -1.99. The molecule has 22 heavy (non-hydrogen) atoms. The molecule has 4 nitrogen and oxygen atoms in total. The standard InChI is InChI=1S/C18H21NO3/c1-14(19-20)10-11-15-6-5-7-16(12-15)13-22-18-9-4-3-8-17(18)21-2/h3-9,12,20H,10-11,13H2,1-2H3/b19-14+. The third kappa shape index (κ3) is 4.52. The van der Waals surface area contributed by atoms with E-state index in [1.54, 1.807) is 7.11 Å². The topological polar surface area (TPSA) is 51.0 Å². The minimum absolute atomic E-state index is 0.487. The lowest BCUT2D eigenvalue weighted by atomic mass is 10.1. The smallest absolute Gasteiger partial charge is 0.161 e. The Bertz CT molecular complexity index is 638. The third-order valence-corrected chi connectivity index (χ3v) is 3.40. The van der Waals surface area contributed by atoms with E-state index in [1.165, 1.54) is 5.56 Å². The molecule has 0 amide bonds. The third-order valence-electron chi connectivity index (χ3n) is 3.40. The highest BCUT2D eigenvalue weighted by Crippen LogP contribution is 2.26. The second-order valence-electron chi connectivity index (χ2n) is 5.09. The SMILES string of the molecule is COc1ccccc1OCc1cccc(CC/C(C)=N/O)c1. The summed E-state index contributed by atoms with van der Waals surface area (Å²) in [6.07, 6.45) is 1.59. The highest BCUT2D eigenvalue weighted by molar-refractivity contribution is 5.81. The van der Waals surface area contributed by atoms with E-state index in [1.807, 2.05) is 43.3 Å². The van der Waals surface area contributed by atoms with Crippen LogP contribution in [-0.2, 0) is 13.0 Å². The Balaban J connectivity index is 1.98. The average Bonchev–Trinajstić information content (AvgIpc) is 2.58. The minimum atomic E-state index is 0.487. The number of oxime groups is 1. The first-order valence-corrected chi connectivity index (χ1v) is 7.24. The first-order valence-electron chi connectivity index (χ1n) is 7.24. The minimum Gasteiger partial charge on any atom is -0.493 e. The molecule has 0 saturated heterocycles. The molecular formula is C18H21NO3. The van der Waals surface area contributed by atoms with Gasteiger partial charge in [0.15, 0.2) is 11.5 Å². The van der Waals surface area contributed by atoms with E-state index in [0.29, 0.717) is 6.61 Å². The van der Waals surface area contributed by atoms with E-state index in [4.69, 9.17) is 14.7 Å². The molecule has 0 aliphatic carbocycles. The summed E-state index contributed by atoms with van der Waals surface area (Å²) in [7, 11) is 1.63. The molecule has 0 radical (unpaired) electrons. The summed E-state index contributed by atoms with van der Waals surface area (Å²) < 4.78 is 11.1. The molecule has 0 bridgehead atoms. The molecule has 0 unspecified atom stereocenters. The predicted molar refractivity (Wildman–Crippen MR) is 87.0 cm³/mol. The van der Waals surface area contributed by atoms with Crippen LogP contribution in [-0.4, -0.2) is 18.0 Å². The molecule has 4 heteroatoms. The van der Waals surface area contributed by atoms with E-state index in [2.05, 4.69) is 17.3 Å². The van der Waals surface area contributed by atoms with Crippen molar-refractivity contribution in [3.8, 4) is 11.5 Å². The maximum atomic E-state index is 8.68. The molecule has 2 aromatic rings. The van der Waals surface area contributed by atoms with Gasteiger partial charge in [0.2, 0.25) is 0 Å². The number of ether oxygens (including phenoxy) is 2. The Labute approximate surface area is 131 Å². The Morgan fingerprint density at radius 3 is 2.50 bits per heavy atom. The van der Waals surface area contributed by atoms with E-state index in [9.17, 15) is 0 Å². The van der Waals surface area contributed by atoms with E-state index in [-0.39, 0.29) is 0 Å². The molecule has 0 aliphatic rings. The van der Waals surface area contributed by atoms with Gasteiger partial charge in [-0.15, -0.1) is 0 Å². The first-order chi connectivity index (χ1) is 10.7. The summed E-state index contributed by atoms with van der Waals surface area (Å²) >= 11 is 0. The van der Waals surface area contributed by atoms with Gasteiger partial charge >= 0.3 is 0 Å². The monoisotopic (exact) mass is 299 g/mol. The molecule has 0 fully saturated rings. The lowest BCUT2D eigenvalue weighted by molar-refractivity contribution is 0.284. The van der Waals surface area contributed by atoms with Crippen LogP contribution in [0.2, 0.25) is 0 Å². The van der Waals surface area contributed by atoms with Crippen LogP contribution in [0.5, 0.6) is 11.5 Å². The van der Waals surface area contributed by atoms with Crippen molar-refractivity contribution >= 4 is 5.71 Å². The molecular weight excluding hydrogens is 278 g/mol. The molecule has 116 valence electrons. The number of aryl methyl sites for hydroxylation is 1. The Hall–Kier alpha value is -2.49. The van der Waals surface area contributed by atoms with Crippen molar-refractivity contribution in [1.29, 1.82) is 0 Å². The van der Waals surface area contributed by atoms with Gasteiger partial charge in [0.1, 0.15) is 6.61 Å². The van der Waals surface area contributed by atoms with E-state index < -0.39 is 0 Å². The maximum Gasteiger partial charge on any atom is 0.161 e. The van der Waals surface area contributed by atoms with Gasteiger partial charge in [0.05, 0.1) is 12.8 Å². The van der Waals surface area contributed by atoms with Crippen molar-refractivity contribution in [2.75, 3.05) is 7.11 Å². The van der Waals surface area contributed by atoms with Crippen molar-refractivity contribution < 1.29 is 14.7 Å². The first kappa shape index (κ1) is 15.9. The number of nitrogens with zero attached hydrogens (tertiary/aromatic N) is 1. The maximum absolute atomic E-state index is 8.68. The van der Waals surface area contributed by atoms with Gasteiger partial charge in [0.25, 0.3) is 0 Å². The van der Waals surface area contributed by atoms with Crippen LogP contribution in [0.15, 0.2) is 53.7 Å². The molecule has 0 aliphatic heterocycles. The fourth-order valence-electron chi connectivity index (χ4n) is 2.15. The Morgan fingerprint density at radius 2 is 1.77 bits per heavy atom. The molecule has 0 saturated carbocycles. The quantitative estimate of drug-likeness (QED) is 0.476. The Kier molecular flexibility index (Phi) is 5.83. The van der Waals surface area contributed by atoms with Gasteiger partial charge in [-0.1, -0.05) is 41.6 Å². The number of hydrogen-bond acceptors (Lipinski definition) is 4. The van der Waals surface area contributed by atoms with Crippen LogP contribution in [0.25, 0.3) is 0 Å². The van der Waals surface area contributed by atoms with Crippen molar-refractivity contribution in [3.63, 3.8) is 0 Å². The van der Waals surface area contributed by atoms with Crippen LogP contribution in [0, 0.1) is 0 Å². The summed E-state index contributed by atoms with van der Waals surface area (Å²) in [5, 5.41) is 11.9. The van der Waals surface area contributed by atoms with Crippen LogP contribution < -0.4 is 9.47 Å². The fraction of sp³-hybridized carbons (Fsp3) is 0.278. The van der Waals surface area contributed by atoms with Crippen molar-refractivity contribution in [3.05, 3.63) is 59.7 Å². The fourth-order valence-corrected chi connectivity index (χ4v) is 2.15. The number of benzene rings is 2. The van der Waals surface area contributed by atoms with Crippen molar-refractivity contribution in [2.24, 2.45) is 5.16 Å². The summed E-state index contributed by atoms with van der Waals surface area (Å²) in [6, 6.07) is 15.8. The average molecular weight is 299 g/mol. The zero-order chi connectivity index (χ0) is 15.8. The zero-order valence-electron chi connectivity index (χ0n) is 13.0. The zero-order valence-corrected chi connectivity index (χ0v) is 13.0. The molecule has 0 atom stereocenters. The summed E-state index contributed by atoms with van der Waals surface area (Å²) in [5.41, 5.74) is 3.03. The molecule has 2 aromatic carbocycles. The number of para-hydroxylation sites is 2. The molecule has 2 rings (SSSR count). The number of hydrogen-bond donors (Lipinski definition) is 1. The van der Waals surface area contributed by atoms with E-state index >= 15 is 0 Å².